The maximum Gasteiger partial charge on any atom is 0.276 e. The number of aromatic amines is 1. The van der Waals surface area contributed by atoms with Gasteiger partial charge in [0.2, 0.25) is 0 Å². The molecule has 0 fully saturated rings. The van der Waals surface area contributed by atoms with Crippen LogP contribution in [0.2, 0.25) is 0 Å². The molecule has 0 unspecified atom stereocenters. The average molecular weight is 356 g/mol. The summed E-state index contributed by atoms with van der Waals surface area (Å²) in [5.41, 5.74) is 4.38. The molecule has 1 amide bonds. The third kappa shape index (κ3) is 3.41. The SMILES string of the molecule is Cc1ccc2[nH]nc(C(=O)Nc3cnn(Cc4cccc(C#N)c4)c3)c2c1. The van der Waals surface area contributed by atoms with Gasteiger partial charge in [-0.05, 0) is 36.8 Å². The molecule has 0 saturated heterocycles. The van der Waals surface area contributed by atoms with Crippen molar-refractivity contribution in [3.63, 3.8) is 0 Å². The van der Waals surface area contributed by atoms with Crippen LogP contribution in [0, 0.1) is 18.3 Å². The molecule has 0 atom stereocenters. The summed E-state index contributed by atoms with van der Waals surface area (Å²) in [6.07, 6.45) is 3.34. The molecule has 0 aliphatic rings. The zero-order valence-corrected chi connectivity index (χ0v) is 14.6. The van der Waals surface area contributed by atoms with E-state index >= 15 is 0 Å². The molecule has 0 bridgehead atoms. The predicted molar refractivity (Wildman–Crippen MR) is 101 cm³/mol. The lowest BCUT2D eigenvalue weighted by molar-refractivity contribution is 0.102. The Morgan fingerprint density at radius 3 is 3.04 bits per heavy atom. The minimum absolute atomic E-state index is 0.294. The first-order valence-electron chi connectivity index (χ1n) is 8.40. The molecule has 0 saturated carbocycles. The van der Waals surface area contributed by atoms with E-state index in [2.05, 4.69) is 26.7 Å². The number of H-pyrrole nitrogens is 1. The molecule has 4 aromatic rings. The third-order valence-corrected chi connectivity index (χ3v) is 4.23. The number of fused-ring (bicyclic) bond motifs is 1. The maximum atomic E-state index is 12.6. The number of aryl methyl sites for hydroxylation is 1. The number of nitrogens with one attached hydrogen (secondary N) is 2. The highest BCUT2D eigenvalue weighted by Crippen LogP contribution is 2.19. The van der Waals surface area contributed by atoms with Crippen molar-refractivity contribution in [1.82, 2.24) is 20.0 Å². The maximum absolute atomic E-state index is 12.6. The molecule has 0 aliphatic carbocycles. The zero-order valence-electron chi connectivity index (χ0n) is 14.6. The van der Waals surface area contributed by atoms with E-state index in [1.165, 1.54) is 0 Å². The Morgan fingerprint density at radius 2 is 2.19 bits per heavy atom. The van der Waals surface area contributed by atoms with E-state index in [0.717, 1.165) is 22.0 Å². The molecule has 2 heterocycles. The fourth-order valence-corrected chi connectivity index (χ4v) is 2.93. The number of rotatable bonds is 4. The molecule has 0 aliphatic heterocycles. The fourth-order valence-electron chi connectivity index (χ4n) is 2.93. The minimum Gasteiger partial charge on any atom is -0.318 e. The summed E-state index contributed by atoms with van der Waals surface area (Å²) >= 11 is 0. The first kappa shape index (κ1) is 16.5. The van der Waals surface area contributed by atoms with Gasteiger partial charge < -0.3 is 5.32 Å². The molecule has 27 heavy (non-hydrogen) atoms. The number of anilines is 1. The summed E-state index contributed by atoms with van der Waals surface area (Å²) in [6, 6.07) is 15.3. The second-order valence-electron chi connectivity index (χ2n) is 6.31. The number of hydrogen-bond acceptors (Lipinski definition) is 4. The van der Waals surface area contributed by atoms with Crippen LogP contribution in [0.1, 0.15) is 27.2 Å². The van der Waals surface area contributed by atoms with Crippen molar-refractivity contribution in [2.45, 2.75) is 13.5 Å². The van der Waals surface area contributed by atoms with Gasteiger partial charge in [-0.25, -0.2) is 0 Å². The Hall–Kier alpha value is -3.92. The number of nitrogens with zero attached hydrogens (tertiary/aromatic N) is 4. The van der Waals surface area contributed by atoms with Crippen molar-refractivity contribution in [3.8, 4) is 6.07 Å². The average Bonchev–Trinajstić information content (AvgIpc) is 3.28. The Labute approximate surface area is 155 Å². The number of hydrogen-bond donors (Lipinski definition) is 2. The molecular formula is C20H16N6O. The zero-order chi connectivity index (χ0) is 18.8. The van der Waals surface area contributed by atoms with Crippen molar-refractivity contribution in [1.29, 1.82) is 5.26 Å². The molecule has 0 radical (unpaired) electrons. The summed E-state index contributed by atoms with van der Waals surface area (Å²) in [6.45, 7) is 2.48. The van der Waals surface area contributed by atoms with Crippen molar-refractivity contribution < 1.29 is 4.79 Å². The Bertz CT molecular complexity index is 1180. The number of carbonyl (C=O) groups is 1. The van der Waals surface area contributed by atoms with Crippen LogP contribution in [-0.4, -0.2) is 25.9 Å². The smallest absolute Gasteiger partial charge is 0.276 e. The highest BCUT2D eigenvalue weighted by molar-refractivity contribution is 6.11. The van der Waals surface area contributed by atoms with Crippen molar-refractivity contribution in [2.24, 2.45) is 0 Å². The molecule has 7 heteroatoms. The molecule has 0 spiro atoms. The number of nitriles is 1. The van der Waals surface area contributed by atoms with Gasteiger partial charge in [0.1, 0.15) is 0 Å². The number of amides is 1. The van der Waals surface area contributed by atoms with Crippen LogP contribution in [-0.2, 0) is 6.54 Å². The van der Waals surface area contributed by atoms with Gasteiger partial charge in [-0.2, -0.15) is 15.5 Å². The molecule has 7 nitrogen and oxygen atoms in total. The molecule has 4 rings (SSSR count). The summed E-state index contributed by atoms with van der Waals surface area (Å²) < 4.78 is 1.71. The van der Waals surface area contributed by atoms with Crippen LogP contribution < -0.4 is 5.32 Å². The van der Waals surface area contributed by atoms with Gasteiger partial charge in [-0.15, -0.1) is 0 Å². The van der Waals surface area contributed by atoms with Crippen LogP contribution in [0.3, 0.4) is 0 Å². The van der Waals surface area contributed by atoms with Crippen molar-refractivity contribution >= 4 is 22.5 Å². The summed E-state index contributed by atoms with van der Waals surface area (Å²) in [7, 11) is 0. The summed E-state index contributed by atoms with van der Waals surface area (Å²) in [5.74, 6) is -0.294. The molecule has 2 aromatic carbocycles. The normalized spacial score (nSPS) is 10.7. The highest BCUT2D eigenvalue weighted by Gasteiger charge is 2.15. The first-order chi connectivity index (χ1) is 13.1. The summed E-state index contributed by atoms with van der Waals surface area (Å²) in [4.78, 5) is 12.6. The molecule has 2 N–H and O–H groups in total. The van der Waals surface area contributed by atoms with Gasteiger partial charge in [-0.3, -0.25) is 14.6 Å². The monoisotopic (exact) mass is 356 g/mol. The van der Waals surface area contributed by atoms with Crippen LogP contribution in [0.25, 0.3) is 10.9 Å². The van der Waals surface area contributed by atoms with Crippen molar-refractivity contribution in [2.75, 3.05) is 5.32 Å². The molecule has 2 aromatic heterocycles. The lowest BCUT2D eigenvalue weighted by Gasteiger charge is -2.02. The molecule has 132 valence electrons. The predicted octanol–water partition coefficient (Wildman–Crippen LogP) is 3.24. The first-order valence-corrected chi connectivity index (χ1v) is 8.40. The lowest BCUT2D eigenvalue weighted by Crippen LogP contribution is -2.12. The van der Waals surface area contributed by atoms with Gasteiger partial charge in [0.15, 0.2) is 5.69 Å². The van der Waals surface area contributed by atoms with Crippen LogP contribution in [0.4, 0.5) is 5.69 Å². The quantitative estimate of drug-likeness (QED) is 0.586. The van der Waals surface area contributed by atoms with E-state index in [1.54, 1.807) is 23.1 Å². The fraction of sp³-hybridized carbons (Fsp3) is 0.100. The van der Waals surface area contributed by atoms with Crippen molar-refractivity contribution in [3.05, 3.63) is 77.2 Å². The van der Waals surface area contributed by atoms with Gasteiger partial charge >= 0.3 is 0 Å². The third-order valence-electron chi connectivity index (χ3n) is 4.23. The van der Waals surface area contributed by atoms with Gasteiger partial charge in [0.25, 0.3) is 5.91 Å². The lowest BCUT2D eigenvalue weighted by atomic mass is 10.1. The number of benzene rings is 2. The van der Waals surface area contributed by atoms with E-state index in [1.807, 2.05) is 43.3 Å². The standard InChI is InChI=1S/C20H16N6O/c1-13-5-6-18-17(7-13)19(25-24-18)20(27)23-16-10-22-26(12-16)11-15-4-2-3-14(8-15)9-21/h2-8,10,12H,11H2,1H3,(H,23,27)(H,24,25). The van der Waals surface area contributed by atoms with E-state index in [4.69, 9.17) is 5.26 Å². The largest absolute Gasteiger partial charge is 0.318 e. The van der Waals surface area contributed by atoms with E-state index < -0.39 is 0 Å². The number of aromatic nitrogens is 4. The Kier molecular flexibility index (Phi) is 4.15. The minimum atomic E-state index is -0.294. The van der Waals surface area contributed by atoms with Gasteiger partial charge in [0.05, 0.1) is 35.6 Å². The topological polar surface area (TPSA) is 99.4 Å². The highest BCUT2D eigenvalue weighted by atomic mass is 16.2. The Morgan fingerprint density at radius 1 is 1.30 bits per heavy atom. The number of carbonyl (C=O) groups excluding carboxylic acids is 1. The van der Waals surface area contributed by atoms with Crippen LogP contribution in [0.5, 0.6) is 0 Å². The Balaban J connectivity index is 1.51. The van der Waals surface area contributed by atoms with Gasteiger partial charge in [0, 0.05) is 11.6 Å². The van der Waals surface area contributed by atoms with E-state index in [0.29, 0.717) is 23.5 Å². The van der Waals surface area contributed by atoms with Crippen LogP contribution in [0.15, 0.2) is 54.9 Å². The van der Waals surface area contributed by atoms with E-state index in [9.17, 15) is 4.79 Å². The summed E-state index contributed by atoms with van der Waals surface area (Å²) in [5, 5.41) is 23.9. The second-order valence-corrected chi connectivity index (χ2v) is 6.31. The second kappa shape index (κ2) is 6.77. The molecular weight excluding hydrogens is 340 g/mol. The van der Waals surface area contributed by atoms with E-state index in [-0.39, 0.29) is 5.91 Å². The van der Waals surface area contributed by atoms with Gasteiger partial charge in [-0.1, -0.05) is 23.8 Å². The van der Waals surface area contributed by atoms with Crippen LogP contribution >= 0.6 is 0 Å².